The Labute approximate surface area is 250 Å². The summed E-state index contributed by atoms with van der Waals surface area (Å²) in [7, 11) is 0. The summed E-state index contributed by atoms with van der Waals surface area (Å²) in [6.07, 6.45) is 10.7. The Balaban J connectivity index is 1.85. The highest BCUT2D eigenvalue weighted by Gasteiger charge is 2.57. The third-order valence-electron chi connectivity index (χ3n) is 9.17. The van der Waals surface area contributed by atoms with Crippen LogP contribution in [-0.4, -0.2) is 26.4 Å². The summed E-state index contributed by atoms with van der Waals surface area (Å²) >= 11 is 0. The van der Waals surface area contributed by atoms with Crippen molar-refractivity contribution in [2.75, 3.05) is 26.4 Å². The van der Waals surface area contributed by atoms with Gasteiger partial charge in [-0.05, 0) is 95.9 Å². The Morgan fingerprint density at radius 3 is 1.00 bits per heavy atom. The Kier molecular flexibility index (Phi) is 10.2. The second-order valence-electron chi connectivity index (χ2n) is 13.7. The molecule has 0 unspecified atom stereocenters. The highest BCUT2D eigenvalue weighted by atomic mass is 16.5. The van der Waals surface area contributed by atoms with E-state index in [-0.39, 0.29) is 16.2 Å². The van der Waals surface area contributed by atoms with E-state index < -0.39 is 0 Å². The molecule has 41 heavy (non-hydrogen) atoms. The molecule has 2 aromatic carbocycles. The van der Waals surface area contributed by atoms with Crippen LogP contribution in [0, 0.1) is 0 Å². The van der Waals surface area contributed by atoms with Gasteiger partial charge in [-0.2, -0.15) is 0 Å². The van der Waals surface area contributed by atoms with Crippen LogP contribution in [0.4, 0.5) is 0 Å². The number of hydrogen-bond donors (Lipinski definition) is 0. The number of fused-ring (bicyclic) bond motifs is 4. The van der Waals surface area contributed by atoms with E-state index in [0.717, 1.165) is 100 Å². The normalized spacial score (nSPS) is 17.4. The van der Waals surface area contributed by atoms with Gasteiger partial charge in [-0.1, -0.05) is 81.1 Å². The second-order valence-corrected chi connectivity index (χ2v) is 13.7. The predicted molar refractivity (Wildman–Crippen MR) is 171 cm³/mol. The standard InChI is InChI=1S/C37H56O4/c1-9-13-17-38-31-21-27-29(23-33(31)40-19-15-11-3)37(25-35(27,5)6)26-36(7,8)28-22-32(39-18-14-10-2)34(24-30(28)37)41-20-16-12-4/h21-24H,9-20,25-26H2,1-8H3. The van der Waals surface area contributed by atoms with E-state index in [1.807, 2.05) is 0 Å². The molecule has 0 aromatic heterocycles. The SMILES string of the molecule is CCCCOc1cc2c(cc1OCCCC)C1(CC2(C)C)CC(C)(C)c2cc(OCCCC)c(OCCCC)cc21. The molecule has 0 N–H and O–H groups in total. The van der Waals surface area contributed by atoms with Gasteiger partial charge < -0.3 is 18.9 Å². The van der Waals surface area contributed by atoms with Crippen molar-refractivity contribution in [2.24, 2.45) is 0 Å². The molecule has 2 aliphatic carbocycles. The van der Waals surface area contributed by atoms with Gasteiger partial charge in [0, 0.05) is 5.41 Å². The van der Waals surface area contributed by atoms with Gasteiger partial charge in [0.25, 0.3) is 0 Å². The molecule has 0 radical (unpaired) electrons. The van der Waals surface area contributed by atoms with Crippen molar-refractivity contribution in [3.8, 4) is 23.0 Å². The van der Waals surface area contributed by atoms with Gasteiger partial charge in [-0.25, -0.2) is 0 Å². The van der Waals surface area contributed by atoms with Crippen LogP contribution in [0.3, 0.4) is 0 Å². The lowest BCUT2D eigenvalue weighted by atomic mass is 9.72. The highest BCUT2D eigenvalue weighted by molar-refractivity contribution is 5.65. The van der Waals surface area contributed by atoms with Crippen molar-refractivity contribution in [1.82, 2.24) is 0 Å². The van der Waals surface area contributed by atoms with Crippen LogP contribution in [0.15, 0.2) is 24.3 Å². The van der Waals surface area contributed by atoms with Gasteiger partial charge in [0.1, 0.15) is 0 Å². The number of unbranched alkanes of at least 4 members (excludes halogenated alkanes) is 4. The summed E-state index contributed by atoms with van der Waals surface area (Å²) in [5.41, 5.74) is 5.52. The van der Waals surface area contributed by atoms with E-state index in [2.05, 4.69) is 79.7 Å². The molecule has 2 aromatic rings. The van der Waals surface area contributed by atoms with Crippen LogP contribution in [0.2, 0.25) is 0 Å². The lowest BCUT2D eigenvalue weighted by Gasteiger charge is -2.31. The molecule has 4 rings (SSSR count). The molecule has 4 nitrogen and oxygen atoms in total. The van der Waals surface area contributed by atoms with E-state index >= 15 is 0 Å². The molecule has 4 heteroatoms. The molecule has 2 aliphatic rings. The third-order valence-corrected chi connectivity index (χ3v) is 9.17. The minimum atomic E-state index is -0.104. The molecular weight excluding hydrogens is 508 g/mol. The minimum absolute atomic E-state index is 0.0113. The second kappa shape index (κ2) is 13.3. The Bertz CT molecular complexity index is 1070. The van der Waals surface area contributed by atoms with Crippen molar-refractivity contribution in [1.29, 1.82) is 0 Å². The third kappa shape index (κ3) is 6.52. The molecule has 1 spiro atoms. The van der Waals surface area contributed by atoms with E-state index in [4.69, 9.17) is 18.9 Å². The first-order valence-electron chi connectivity index (χ1n) is 16.5. The predicted octanol–water partition coefficient (Wildman–Crippen LogP) is 10.1. The Hall–Kier alpha value is -2.36. The molecular formula is C37H56O4. The van der Waals surface area contributed by atoms with Gasteiger partial charge in [-0.15, -0.1) is 0 Å². The zero-order chi connectivity index (χ0) is 29.7. The molecule has 0 heterocycles. The van der Waals surface area contributed by atoms with Crippen molar-refractivity contribution in [2.45, 2.75) is 136 Å². The molecule has 0 saturated heterocycles. The molecule has 228 valence electrons. The van der Waals surface area contributed by atoms with Gasteiger partial charge in [0.05, 0.1) is 26.4 Å². The van der Waals surface area contributed by atoms with Gasteiger partial charge in [0.15, 0.2) is 23.0 Å². The summed E-state index contributed by atoms with van der Waals surface area (Å²) in [6, 6.07) is 9.31. The fraction of sp³-hybridized carbons (Fsp3) is 0.676. The highest BCUT2D eigenvalue weighted by Crippen LogP contribution is 2.64. The van der Waals surface area contributed by atoms with Crippen molar-refractivity contribution >= 4 is 0 Å². The first-order valence-corrected chi connectivity index (χ1v) is 16.5. The van der Waals surface area contributed by atoms with Gasteiger partial charge in [0.2, 0.25) is 0 Å². The molecule has 0 amide bonds. The molecule has 0 bridgehead atoms. The van der Waals surface area contributed by atoms with E-state index in [9.17, 15) is 0 Å². The lowest BCUT2D eigenvalue weighted by molar-refractivity contribution is 0.261. The van der Waals surface area contributed by atoms with Crippen LogP contribution in [-0.2, 0) is 16.2 Å². The zero-order valence-electron chi connectivity index (χ0n) is 27.3. The van der Waals surface area contributed by atoms with Gasteiger partial charge in [-0.3, -0.25) is 0 Å². The number of ether oxygens (including phenoxy) is 4. The van der Waals surface area contributed by atoms with Crippen LogP contribution in [0.25, 0.3) is 0 Å². The maximum Gasteiger partial charge on any atom is 0.161 e. The summed E-state index contributed by atoms with van der Waals surface area (Å²) in [5.74, 6) is 3.60. The van der Waals surface area contributed by atoms with Crippen molar-refractivity contribution in [3.05, 3.63) is 46.5 Å². The summed E-state index contributed by atoms with van der Waals surface area (Å²) in [5, 5.41) is 0. The Morgan fingerprint density at radius 2 is 0.732 bits per heavy atom. The average molecular weight is 565 g/mol. The number of benzene rings is 2. The monoisotopic (exact) mass is 564 g/mol. The number of rotatable bonds is 16. The van der Waals surface area contributed by atoms with Crippen molar-refractivity contribution < 1.29 is 18.9 Å². The topological polar surface area (TPSA) is 36.9 Å². The van der Waals surface area contributed by atoms with Crippen LogP contribution < -0.4 is 18.9 Å². The van der Waals surface area contributed by atoms with E-state index in [0.29, 0.717) is 13.2 Å². The largest absolute Gasteiger partial charge is 0.490 e. The van der Waals surface area contributed by atoms with Crippen LogP contribution >= 0.6 is 0 Å². The average Bonchev–Trinajstić information content (AvgIpc) is 3.28. The van der Waals surface area contributed by atoms with Crippen LogP contribution in [0.5, 0.6) is 23.0 Å². The maximum absolute atomic E-state index is 6.44. The molecule has 0 aliphatic heterocycles. The molecule has 0 saturated carbocycles. The van der Waals surface area contributed by atoms with E-state index in [1.54, 1.807) is 0 Å². The zero-order valence-corrected chi connectivity index (χ0v) is 27.3. The molecule has 0 fully saturated rings. The molecule has 0 atom stereocenters. The summed E-state index contributed by atoms with van der Waals surface area (Å²) in [4.78, 5) is 0. The maximum atomic E-state index is 6.44. The first-order chi connectivity index (χ1) is 19.6. The summed E-state index contributed by atoms with van der Waals surface area (Å²) < 4.78 is 25.6. The Morgan fingerprint density at radius 1 is 0.463 bits per heavy atom. The fourth-order valence-electron chi connectivity index (χ4n) is 7.08. The number of hydrogen-bond acceptors (Lipinski definition) is 4. The quantitative estimate of drug-likeness (QED) is 0.190. The van der Waals surface area contributed by atoms with E-state index in [1.165, 1.54) is 22.3 Å². The lowest BCUT2D eigenvalue weighted by Crippen LogP contribution is -2.27. The smallest absolute Gasteiger partial charge is 0.161 e. The minimum Gasteiger partial charge on any atom is -0.490 e. The van der Waals surface area contributed by atoms with Gasteiger partial charge >= 0.3 is 0 Å². The fourth-order valence-corrected chi connectivity index (χ4v) is 7.08. The van der Waals surface area contributed by atoms with Crippen molar-refractivity contribution in [3.63, 3.8) is 0 Å². The summed E-state index contributed by atoms with van der Waals surface area (Å²) in [6.45, 7) is 21.3. The van der Waals surface area contributed by atoms with Crippen LogP contribution in [0.1, 0.15) is 142 Å². The first kappa shape index (κ1) is 31.6.